The highest BCUT2D eigenvalue weighted by Gasteiger charge is 2.30. The summed E-state index contributed by atoms with van der Waals surface area (Å²) < 4.78 is 3.66. The quantitative estimate of drug-likeness (QED) is 0.372. The summed E-state index contributed by atoms with van der Waals surface area (Å²) in [5.41, 5.74) is 9.30. The number of aromatic nitrogens is 9. The average molecular weight is 484 g/mol. The van der Waals surface area contributed by atoms with Crippen LogP contribution in [0.25, 0.3) is 33.3 Å². The SMILES string of the molecule is CC(Nc1ncnc(N)c1-c1nnn(C)n1)c1cc2cccc(-c3cnn(C)c3)c2c(=O)n1C1CC1. The molecule has 1 fully saturated rings. The molecule has 1 aliphatic carbocycles. The fourth-order valence-electron chi connectivity index (χ4n) is 4.63. The van der Waals surface area contributed by atoms with Gasteiger partial charge in [-0.3, -0.25) is 9.48 Å². The molecule has 4 heterocycles. The van der Waals surface area contributed by atoms with Gasteiger partial charge in [-0.05, 0) is 42.0 Å². The number of fused-ring (bicyclic) bond motifs is 1. The van der Waals surface area contributed by atoms with Crippen LogP contribution >= 0.6 is 0 Å². The van der Waals surface area contributed by atoms with Gasteiger partial charge in [-0.25, -0.2) is 9.97 Å². The van der Waals surface area contributed by atoms with Gasteiger partial charge < -0.3 is 15.6 Å². The summed E-state index contributed by atoms with van der Waals surface area (Å²) in [6, 6.07) is 7.90. The van der Waals surface area contributed by atoms with Crippen molar-refractivity contribution in [2.24, 2.45) is 14.1 Å². The number of pyridine rings is 1. The molecule has 0 radical (unpaired) electrons. The molecule has 4 aromatic heterocycles. The molecule has 12 heteroatoms. The third kappa shape index (κ3) is 3.67. The summed E-state index contributed by atoms with van der Waals surface area (Å²) in [5.74, 6) is 1.04. The highest BCUT2D eigenvalue weighted by Crippen LogP contribution is 2.39. The monoisotopic (exact) mass is 483 g/mol. The first-order valence-corrected chi connectivity index (χ1v) is 11.7. The van der Waals surface area contributed by atoms with E-state index in [4.69, 9.17) is 5.73 Å². The molecule has 0 spiro atoms. The van der Waals surface area contributed by atoms with Gasteiger partial charge in [0.15, 0.2) is 0 Å². The maximum absolute atomic E-state index is 14.0. The zero-order chi connectivity index (χ0) is 25.0. The first-order valence-electron chi connectivity index (χ1n) is 11.7. The maximum atomic E-state index is 14.0. The number of nitrogens with zero attached hydrogens (tertiary/aromatic N) is 9. The van der Waals surface area contributed by atoms with Crippen LogP contribution in [0.2, 0.25) is 0 Å². The predicted octanol–water partition coefficient (Wildman–Crippen LogP) is 2.47. The Hall–Kier alpha value is -4.61. The fourth-order valence-corrected chi connectivity index (χ4v) is 4.63. The minimum absolute atomic E-state index is 0.00359. The third-order valence-corrected chi connectivity index (χ3v) is 6.44. The molecule has 1 atom stereocenters. The van der Waals surface area contributed by atoms with Crippen LogP contribution < -0.4 is 16.6 Å². The molecule has 12 nitrogen and oxygen atoms in total. The summed E-state index contributed by atoms with van der Waals surface area (Å²) >= 11 is 0. The van der Waals surface area contributed by atoms with Crippen molar-refractivity contribution in [2.75, 3.05) is 11.1 Å². The van der Waals surface area contributed by atoms with Gasteiger partial charge in [0.2, 0.25) is 5.82 Å². The largest absolute Gasteiger partial charge is 0.383 e. The molecular formula is C24H25N11O. The number of aryl methyl sites for hydroxylation is 2. The number of nitrogens with two attached hydrogens (primary N) is 1. The summed E-state index contributed by atoms with van der Waals surface area (Å²) in [6.07, 6.45) is 7.04. The minimum Gasteiger partial charge on any atom is -0.383 e. The number of hydrogen-bond donors (Lipinski definition) is 2. The Morgan fingerprint density at radius 1 is 1.19 bits per heavy atom. The number of nitrogens with one attached hydrogen (secondary N) is 1. The van der Waals surface area contributed by atoms with Gasteiger partial charge in [0.25, 0.3) is 5.56 Å². The van der Waals surface area contributed by atoms with Crippen molar-refractivity contribution in [2.45, 2.75) is 31.8 Å². The summed E-state index contributed by atoms with van der Waals surface area (Å²) in [7, 11) is 3.54. The van der Waals surface area contributed by atoms with Gasteiger partial charge in [-0.1, -0.05) is 18.2 Å². The Labute approximate surface area is 205 Å². The van der Waals surface area contributed by atoms with Crippen molar-refractivity contribution < 1.29 is 0 Å². The van der Waals surface area contributed by atoms with Crippen molar-refractivity contribution in [3.05, 3.63) is 59.0 Å². The summed E-state index contributed by atoms with van der Waals surface area (Å²) in [5, 5.41) is 21.5. The van der Waals surface area contributed by atoms with E-state index in [-0.39, 0.29) is 23.5 Å². The number of nitrogen functional groups attached to an aromatic ring is 1. The molecule has 1 unspecified atom stereocenters. The first kappa shape index (κ1) is 21.9. The smallest absolute Gasteiger partial charge is 0.259 e. The molecule has 1 saturated carbocycles. The van der Waals surface area contributed by atoms with E-state index in [1.54, 1.807) is 17.9 Å². The molecule has 1 aliphatic rings. The van der Waals surface area contributed by atoms with Crippen LogP contribution in [0.1, 0.15) is 37.5 Å². The number of benzene rings is 1. The molecule has 36 heavy (non-hydrogen) atoms. The first-order chi connectivity index (χ1) is 17.4. The number of rotatable bonds is 6. The number of anilines is 2. The summed E-state index contributed by atoms with van der Waals surface area (Å²) in [4.78, 5) is 23.8. The Balaban J connectivity index is 1.47. The van der Waals surface area contributed by atoms with Gasteiger partial charge in [-0.15, -0.1) is 10.2 Å². The van der Waals surface area contributed by atoms with Crippen molar-refractivity contribution >= 4 is 22.4 Å². The maximum Gasteiger partial charge on any atom is 0.259 e. The highest BCUT2D eigenvalue weighted by molar-refractivity contribution is 5.96. The van der Waals surface area contributed by atoms with Gasteiger partial charge in [-0.2, -0.15) is 9.90 Å². The molecule has 0 saturated heterocycles. The van der Waals surface area contributed by atoms with E-state index in [2.05, 4.69) is 41.9 Å². The topological polar surface area (TPSA) is 147 Å². The van der Waals surface area contributed by atoms with Gasteiger partial charge >= 0.3 is 0 Å². The molecule has 0 amide bonds. The molecule has 0 bridgehead atoms. The van der Waals surface area contributed by atoms with Crippen LogP contribution in [0.3, 0.4) is 0 Å². The lowest BCUT2D eigenvalue weighted by Gasteiger charge is -2.22. The average Bonchev–Trinajstić information content (AvgIpc) is 3.45. The van der Waals surface area contributed by atoms with E-state index < -0.39 is 0 Å². The summed E-state index contributed by atoms with van der Waals surface area (Å²) in [6.45, 7) is 2.00. The lowest BCUT2D eigenvalue weighted by Crippen LogP contribution is -2.26. The fraction of sp³-hybridized carbons (Fsp3) is 0.292. The molecule has 1 aromatic carbocycles. The van der Waals surface area contributed by atoms with Crippen molar-refractivity contribution in [1.29, 1.82) is 0 Å². The molecule has 6 rings (SSSR count). The number of hydrogen-bond acceptors (Lipinski definition) is 9. The van der Waals surface area contributed by atoms with Crippen LogP contribution in [0.5, 0.6) is 0 Å². The van der Waals surface area contributed by atoms with Crippen LogP contribution in [0.15, 0.2) is 47.8 Å². The molecular weight excluding hydrogens is 458 g/mol. The Bertz CT molecular complexity index is 1660. The van der Waals surface area contributed by atoms with Crippen LogP contribution in [0, 0.1) is 0 Å². The number of tetrazole rings is 1. The standard InChI is InChI=1S/C24H25N11O/c1-13(29-22-20(21(25)26-12-27-22)23-30-32-34(3)31-23)18-9-14-5-4-6-17(15-10-28-33(2)11-15)19(14)24(36)35(18)16-7-8-16/h4-6,9-13,16H,7-8H2,1-3H3,(H3,25,26,27,29). The molecule has 5 aromatic rings. The van der Waals surface area contributed by atoms with E-state index in [1.807, 2.05) is 42.9 Å². The van der Waals surface area contributed by atoms with Gasteiger partial charge in [0, 0.05) is 30.5 Å². The lowest BCUT2D eigenvalue weighted by molar-refractivity contribution is 0.630. The predicted molar refractivity (Wildman–Crippen MR) is 135 cm³/mol. The van der Waals surface area contributed by atoms with Crippen molar-refractivity contribution in [1.82, 2.24) is 44.5 Å². The zero-order valence-corrected chi connectivity index (χ0v) is 20.1. The van der Waals surface area contributed by atoms with E-state index in [0.29, 0.717) is 22.6 Å². The highest BCUT2D eigenvalue weighted by atomic mass is 16.1. The second kappa shape index (κ2) is 8.26. The zero-order valence-electron chi connectivity index (χ0n) is 20.1. The second-order valence-corrected chi connectivity index (χ2v) is 9.10. The minimum atomic E-state index is -0.269. The van der Waals surface area contributed by atoms with Crippen LogP contribution in [0.4, 0.5) is 11.6 Å². The normalized spacial score (nSPS) is 14.3. The second-order valence-electron chi connectivity index (χ2n) is 9.10. The van der Waals surface area contributed by atoms with Crippen molar-refractivity contribution in [3.8, 4) is 22.5 Å². The molecule has 0 aliphatic heterocycles. The van der Waals surface area contributed by atoms with E-state index in [1.165, 1.54) is 11.1 Å². The van der Waals surface area contributed by atoms with Gasteiger partial charge in [0.1, 0.15) is 23.5 Å². The van der Waals surface area contributed by atoms with Crippen molar-refractivity contribution in [3.63, 3.8) is 0 Å². The Morgan fingerprint density at radius 3 is 2.72 bits per heavy atom. The van der Waals surface area contributed by atoms with E-state index in [9.17, 15) is 4.79 Å². The van der Waals surface area contributed by atoms with E-state index >= 15 is 0 Å². The molecule has 182 valence electrons. The molecule has 3 N–H and O–H groups in total. The van der Waals surface area contributed by atoms with Crippen LogP contribution in [-0.2, 0) is 14.1 Å². The Morgan fingerprint density at radius 2 is 2.03 bits per heavy atom. The third-order valence-electron chi connectivity index (χ3n) is 6.44. The van der Waals surface area contributed by atoms with Crippen LogP contribution in [-0.4, -0.2) is 44.5 Å². The van der Waals surface area contributed by atoms with Gasteiger partial charge in [0.05, 0.1) is 24.7 Å². The van der Waals surface area contributed by atoms with E-state index in [0.717, 1.165) is 35.0 Å². The lowest BCUT2D eigenvalue weighted by atomic mass is 10.00. The Kier molecular flexibility index (Phi) is 5.02.